The van der Waals surface area contributed by atoms with E-state index in [4.69, 9.17) is 5.14 Å². The van der Waals surface area contributed by atoms with Crippen LogP contribution in [0.2, 0.25) is 0 Å². The topological polar surface area (TPSA) is 89.3 Å². The van der Waals surface area contributed by atoms with Gasteiger partial charge in [-0.3, -0.25) is 4.79 Å². The van der Waals surface area contributed by atoms with E-state index < -0.39 is 26.6 Å². The number of primary sulfonamides is 1. The van der Waals surface area contributed by atoms with Gasteiger partial charge < -0.3 is 5.32 Å². The minimum Gasteiger partial charge on any atom is -0.347 e. The van der Waals surface area contributed by atoms with Crippen LogP contribution in [0.15, 0.2) is 21.5 Å². The van der Waals surface area contributed by atoms with Crippen LogP contribution in [-0.4, -0.2) is 19.9 Å². The SMILES string of the molecule is CCC1(NC(=O)c2cc(Br)cc(S(N)(=O)=O)c2F)CCC1. The van der Waals surface area contributed by atoms with Gasteiger partial charge in [-0.1, -0.05) is 22.9 Å². The number of nitrogens with two attached hydrogens (primary N) is 1. The standard InChI is InChI=1S/C13H16BrFN2O3S/c1-2-13(4-3-5-13)17-12(18)9-6-8(14)7-10(11(9)15)21(16,19)20/h6-7H,2-5H2,1H3,(H,17,18)(H2,16,19,20). The number of sulfonamides is 1. The van der Waals surface area contributed by atoms with Crippen molar-refractivity contribution < 1.29 is 17.6 Å². The Morgan fingerprint density at radius 2 is 2.10 bits per heavy atom. The highest BCUT2D eigenvalue weighted by Crippen LogP contribution is 2.35. The van der Waals surface area contributed by atoms with Gasteiger partial charge in [0.2, 0.25) is 10.0 Å². The highest BCUT2D eigenvalue weighted by Gasteiger charge is 2.37. The number of benzene rings is 1. The molecule has 0 unspecified atom stereocenters. The van der Waals surface area contributed by atoms with Crippen LogP contribution in [-0.2, 0) is 10.0 Å². The van der Waals surface area contributed by atoms with Crippen LogP contribution in [0.4, 0.5) is 4.39 Å². The Balaban J connectivity index is 2.40. The molecule has 0 saturated heterocycles. The fourth-order valence-electron chi connectivity index (χ4n) is 2.42. The summed E-state index contributed by atoms with van der Waals surface area (Å²) in [6.07, 6.45) is 3.44. The molecule has 0 radical (unpaired) electrons. The second-order valence-corrected chi connectivity index (χ2v) is 7.70. The maximum Gasteiger partial charge on any atom is 0.254 e. The zero-order valence-electron chi connectivity index (χ0n) is 11.4. The minimum absolute atomic E-state index is 0.275. The van der Waals surface area contributed by atoms with E-state index in [1.807, 2.05) is 6.92 Å². The average molecular weight is 379 g/mol. The summed E-state index contributed by atoms with van der Waals surface area (Å²) in [7, 11) is -4.24. The monoisotopic (exact) mass is 378 g/mol. The summed E-state index contributed by atoms with van der Waals surface area (Å²) in [5.41, 5.74) is -0.638. The molecule has 0 bridgehead atoms. The van der Waals surface area contributed by atoms with Crippen molar-refractivity contribution in [3.8, 4) is 0 Å². The number of rotatable bonds is 4. The first kappa shape index (κ1) is 16.4. The Hall–Kier alpha value is -0.990. The molecule has 1 aliphatic carbocycles. The molecule has 5 nitrogen and oxygen atoms in total. The van der Waals surface area contributed by atoms with Crippen molar-refractivity contribution in [2.45, 2.75) is 43.0 Å². The predicted octanol–water partition coefficient (Wildman–Crippen LogP) is 2.30. The smallest absolute Gasteiger partial charge is 0.254 e. The first-order valence-electron chi connectivity index (χ1n) is 6.53. The fraction of sp³-hybridized carbons (Fsp3) is 0.462. The summed E-state index contributed by atoms with van der Waals surface area (Å²) in [6, 6.07) is 2.29. The number of carbonyl (C=O) groups excluding carboxylic acids is 1. The Labute approximate surface area is 131 Å². The highest BCUT2D eigenvalue weighted by atomic mass is 79.9. The first-order chi connectivity index (χ1) is 9.68. The predicted molar refractivity (Wildman–Crippen MR) is 79.8 cm³/mol. The van der Waals surface area contributed by atoms with Crippen molar-refractivity contribution >= 4 is 31.9 Å². The van der Waals surface area contributed by atoms with Crippen LogP contribution in [0.5, 0.6) is 0 Å². The van der Waals surface area contributed by atoms with E-state index in [9.17, 15) is 17.6 Å². The zero-order valence-corrected chi connectivity index (χ0v) is 13.9. The normalized spacial score (nSPS) is 17.1. The van der Waals surface area contributed by atoms with Crippen molar-refractivity contribution in [3.63, 3.8) is 0 Å². The van der Waals surface area contributed by atoms with Gasteiger partial charge in [0, 0.05) is 10.0 Å². The molecule has 116 valence electrons. The molecule has 1 saturated carbocycles. The van der Waals surface area contributed by atoms with Crippen LogP contribution in [0, 0.1) is 5.82 Å². The molecule has 0 aromatic heterocycles. The number of halogens is 2. The van der Waals surface area contributed by atoms with E-state index in [1.54, 1.807) is 0 Å². The van der Waals surface area contributed by atoms with Gasteiger partial charge in [-0.15, -0.1) is 0 Å². The highest BCUT2D eigenvalue weighted by molar-refractivity contribution is 9.10. The number of hydrogen-bond donors (Lipinski definition) is 2. The summed E-state index contributed by atoms with van der Waals surface area (Å²) >= 11 is 3.07. The lowest BCUT2D eigenvalue weighted by Crippen LogP contribution is -2.53. The van der Waals surface area contributed by atoms with Crippen LogP contribution < -0.4 is 10.5 Å². The van der Waals surface area contributed by atoms with Gasteiger partial charge in [0.05, 0.1) is 5.56 Å². The molecule has 0 heterocycles. The molecule has 3 N–H and O–H groups in total. The molecule has 2 rings (SSSR count). The van der Waals surface area contributed by atoms with Gasteiger partial charge in [0.1, 0.15) is 4.90 Å². The lowest BCUT2D eigenvalue weighted by molar-refractivity contribution is 0.0815. The summed E-state index contributed by atoms with van der Waals surface area (Å²) < 4.78 is 37.3. The summed E-state index contributed by atoms with van der Waals surface area (Å²) in [6.45, 7) is 1.95. The summed E-state index contributed by atoms with van der Waals surface area (Å²) in [5, 5.41) is 7.77. The van der Waals surface area contributed by atoms with Crippen molar-refractivity contribution in [1.29, 1.82) is 0 Å². The van der Waals surface area contributed by atoms with Crippen molar-refractivity contribution in [1.82, 2.24) is 5.32 Å². The number of amides is 1. The molecular formula is C13H16BrFN2O3S. The summed E-state index contributed by atoms with van der Waals surface area (Å²) in [5.74, 6) is -1.75. The number of carbonyl (C=O) groups is 1. The molecule has 0 spiro atoms. The molecule has 1 aromatic carbocycles. The van der Waals surface area contributed by atoms with Gasteiger partial charge in [0.25, 0.3) is 5.91 Å². The van der Waals surface area contributed by atoms with E-state index in [-0.39, 0.29) is 15.6 Å². The van der Waals surface area contributed by atoms with Gasteiger partial charge in [-0.25, -0.2) is 17.9 Å². The van der Waals surface area contributed by atoms with Gasteiger partial charge in [-0.2, -0.15) is 0 Å². The molecule has 1 fully saturated rings. The molecular weight excluding hydrogens is 363 g/mol. The van der Waals surface area contributed by atoms with E-state index in [0.29, 0.717) is 0 Å². The second kappa shape index (κ2) is 5.66. The third-order valence-electron chi connectivity index (χ3n) is 3.92. The lowest BCUT2D eigenvalue weighted by Gasteiger charge is -2.42. The third kappa shape index (κ3) is 3.27. The first-order valence-corrected chi connectivity index (χ1v) is 8.87. The molecule has 1 aromatic rings. The fourth-order valence-corrected chi connectivity index (χ4v) is 3.68. The largest absolute Gasteiger partial charge is 0.347 e. The van der Waals surface area contributed by atoms with E-state index >= 15 is 0 Å². The van der Waals surface area contributed by atoms with E-state index in [2.05, 4.69) is 21.2 Å². The van der Waals surface area contributed by atoms with Crippen LogP contribution in [0.1, 0.15) is 43.0 Å². The van der Waals surface area contributed by atoms with Gasteiger partial charge in [-0.05, 0) is 37.8 Å². The Morgan fingerprint density at radius 1 is 1.48 bits per heavy atom. The molecule has 1 aliphatic rings. The lowest BCUT2D eigenvalue weighted by atomic mass is 9.74. The van der Waals surface area contributed by atoms with Crippen molar-refractivity contribution in [2.24, 2.45) is 5.14 Å². The van der Waals surface area contributed by atoms with Crippen molar-refractivity contribution in [2.75, 3.05) is 0 Å². The molecule has 1 amide bonds. The summed E-state index contributed by atoms with van der Waals surface area (Å²) in [4.78, 5) is 11.6. The molecule has 0 atom stereocenters. The van der Waals surface area contributed by atoms with Gasteiger partial charge in [0.15, 0.2) is 5.82 Å². The Kier molecular flexibility index (Phi) is 4.41. The van der Waals surface area contributed by atoms with E-state index in [1.165, 1.54) is 6.07 Å². The van der Waals surface area contributed by atoms with Crippen molar-refractivity contribution in [3.05, 3.63) is 28.0 Å². The van der Waals surface area contributed by atoms with Crippen LogP contribution in [0.25, 0.3) is 0 Å². The van der Waals surface area contributed by atoms with Crippen LogP contribution >= 0.6 is 15.9 Å². The Morgan fingerprint density at radius 3 is 2.52 bits per heavy atom. The Bertz CT molecular complexity index is 681. The van der Waals surface area contributed by atoms with E-state index in [0.717, 1.165) is 31.7 Å². The van der Waals surface area contributed by atoms with Gasteiger partial charge >= 0.3 is 0 Å². The quantitative estimate of drug-likeness (QED) is 0.841. The molecule has 0 aliphatic heterocycles. The average Bonchev–Trinajstić information content (AvgIpc) is 2.34. The second-order valence-electron chi connectivity index (χ2n) is 5.25. The third-order valence-corrected chi connectivity index (χ3v) is 5.29. The number of nitrogens with one attached hydrogen (secondary N) is 1. The molecule has 21 heavy (non-hydrogen) atoms. The van der Waals surface area contributed by atoms with Crippen LogP contribution in [0.3, 0.4) is 0 Å². The molecule has 8 heteroatoms. The zero-order chi connectivity index (χ0) is 15.8. The maximum atomic E-state index is 14.3. The minimum atomic E-state index is -4.24. The number of hydrogen-bond acceptors (Lipinski definition) is 3. The maximum absolute atomic E-state index is 14.3.